The standard InChI is InChI=1S/C18H27N3O3S/c1-13(2)17(19)18(22)20-8-10-21(11-9-20)25(23,24)16-7-6-14-4-3-5-15(14)12-16/h6-7,12-13,17H,3-5,8-11,19H2,1-2H3/t17-/m0/s1. The number of rotatable bonds is 4. The normalized spacial score (nSPS) is 19.9. The SMILES string of the molecule is CC(C)[C@H](N)C(=O)N1CCN(S(=O)(=O)c2ccc3c(c2)CCC3)CC1. The molecule has 1 aromatic carbocycles. The lowest BCUT2D eigenvalue weighted by Crippen LogP contribution is -2.55. The zero-order valence-electron chi connectivity index (χ0n) is 14.9. The van der Waals surface area contributed by atoms with Crippen molar-refractivity contribution in [2.45, 2.75) is 44.0 Å². The highest BCUT2D eigenvalue weighted by molar-refractivity contribution is 7.89. The Hall–Kier alpha value is -1.44. The first-order chi connectivity index (χ1) is 11.8. The molecule has 0 spiro atoms. The lowest BCUT2D eigenvalue weighted by molar-refractivity contribution is -0.134. The van der Waals surface area contributed by atoms with Crippen molar-refractivity contribution in [1.82, 2.24) is 9.21 Å². The van der Waals surface area contributed by atoms with Crippen LogP contribution < -0.4 is 5.73 Å². The molecule has 7 heteroatoms. The molecule has 2 aliphatic rings. The number of amides is 1. The fourth-order valence-electron chi connectivity index (χ4n) is 3.50. The van der Waals surface area contributed by atoms with Crippen molar-refractivity contribution in [2.24, 2.45) is 11.7 Å². The van der Waals surface area contributed by atoms with E-state index in [0.717, 1.165) is 24.8 Å². The van der Waals surface area contributed by atoms with Crippen LogP contribution in [0.25, 0.3) is 0 Å². The predicted octanol–water partition coefficient (Wildman–Crippen LogP) is 0.992. The van der Waals surface area contributed by atoms with Crippen molar-refractivity contribution in [3.05, 3.63) is 29.3 Å². The van der Waals surface area contributed by atoms with E-state index in [-0.39, 0.29) is 11.8 Å². The minimum absolute atomic E-state index is 0.0701. The van der Waals surface area contributed by atoms with E-state index in [4.69, 9.17) is 5.73 Å². The number of fused-ring (bicyclic) bond motifs is 1. The minimum Gasteiger partial charge on any atom is -0.339 e. The molecule has 25 heavy (non-hydrogen) atoms. The Kier molecular flexibility index (Phi) is 5.18. The van der Waals surface area contributed by atoms with Gasteiger partial charge in [-0.05, 0) is 48.4 Å². The molecule has 1 aliphatic carbocycles. The smallest absolute Gasteiger partial charge is 0.243 e. The van der Waals surface area contributed by atoms with Crippen LogP contribution in [0, 0.1) is 5.92 Å². The molecule has 1 aromatic rings. The Morgan fingerprint density at radius 2 is 1.72 bits per heavy atom. The average Bonchev–Trinajstić information content (AvgIpc) is 3.08. The summed E-state index contributed by atoms with van der Waals surface area (Å²) in [5.41, 5.74) is 8.34. The van der Waals surface area contributed by atoms with E-state index in [0.29, 0.717) is 31.1 Å². The Labute approximate surface area is 150 Å². The van der Waals surface area contributed by atoms with Crippen molar-refractivity contribution < 1.29 is 13.2 Å². The Morgan fingerprint density at radius 3 is 2.36 bits per heavy atom. The lowest BCUT2D eigenvalue weighted by Gasteiger charge is -2.35. The third-order valence-electron chi connectivity index (χ3n) is 5.26. The Balaban J connectivity index is 1.69. The van der Waals surface area contributed by atoms with Crippen LogP contribution in [0.15, 0.2) is 23.1 Å². The molecule has 0 bridgehead atoms. The molecule has 0 unspecified atom stereocenters. The van der Waals surface area contributed by atoms with E-state index in [9.17, 15) is 13.2 Å². The highest BCUT2D eigenvalue weighted by Crippen LogP contribution is 2.26. The van der Waals surface area contributed by atoms with E-state index in [1.807, 2.05) is 26.0 Å². The van der Waals surface area contributed by atoms with E-state index >= 15 is 0 Å². The number of sulfonamides is 1. The van der Waals surface area contributed by atoms with Gasteiger partial charge in [-0.25, -0.2) is 8.42 Å². The molecule has 1 heterocycles. The first kappa shape index (κ1) is 18.4. The fraction of sp³-hybridized carbons (Fsp3) is 0.611. The summed E-state index contributed by atoms with van der Waals surface area (Å²) in [6.45, 7) is 5.24. The molecular weight excluding hydrogens is 338 g/mol. The van der Waals surface area contributed by atoms with Crippen LogP contribution in [0.4, 0.5) is 0 Å². The lowest BCUT2D eigenvalue weighted by atomic mass is 10.0. The summed E-state index contributed by atoms with van der Waals surface area (Å²) in [7, 11) is -3.51. The average molecular weight is 365 g/mol. The third kappa shape index (κ3) is 3.59. The first-order valence-electron chi connectivity index (χ1n) is 8.97. The van der Waals surface area contributed by atoms with E-state index < -0.39 is 16.1 Å². The van der Waals surface area contributed by atoms with E-state index in [1.54, 1.807) is 11.0 Å². The van der Waals surface area contributed by atoms with Crippen molar-refractivity contribution in [1.29, 1.82) is 0 Å². The summed E-state index contributed by atoms with van der Waals surface area (Å²) in [4.78, 5) is 14.4. The largest absolute Gasteiger partial charge is 0.339 e. The van der Waals surface area contributed by atoms with Gasteiger partial charge in [-0.15, -0.1) is 0 Å². The van der Waals surface area contributed by atoms with Crippen molar-refractivity contribution in [3.8, 4) is 0 Å². The number of hydrogen-bond donors (Lipinski definition) is 1. The highest BCUT2D eigenvalue weighted by atomic mass is 32.2. The molecule has 6 nitrogen and oxygen atoms in total. The van der Waals surface area contributed by atoms with Gasteiger partial charge < -0.3 is 10.6 Å². The maximum atomic E-state index is 12.9. The highest BCUT2D eigenvalue weighted by Gasteiger charge is 2.32. The molecule has 2 N–H and O–H groups in total. The predicted molar refractivity (Wildman–Crippen MR) is 96.6 cm³/mol. The number of carbonyl (C=O) groups is 1. The molecule has 0 aromatic heterocycles. The van der Waals surface area contributed by atoms with Gasteiger partial charge >= 0.3 is 0 Å². The number of nitrogens with zero attached hydrogens (tertiary/aromatic N) is 2. The second kappa shape index (κ2) is 7.05. The zero-order chi connectivity index (χ0) is 18.2. The van der Waals surface area contributed by atoms with Gasteiger partial charge in [0.1, 0.15) is 0 Å². The summed E-state index contributed by atoms with van der Waals surface area (Å²) >= 11 is 0. The molecule has 1 saturated heterocycles. The zero-order valence-corrected chi connectivity index (χ0v) is 15.8. The quantitative estimate of drug-likeness (QED) is 0.862. The van der Waals surface area contributed by atoms with Crippen LogP contribution in [0.2, 0.25) is 0 Å². The van der Waals surface area contributed by atoms with Crippen molar-refractivity contribution in [3.63, 3.8) is 0 Å². The van der Waals surface area contributed by atoms with Crippen LogP contribution >= 0.6 is 0 Å². The summed E-state index contributed by atoms with van der Waals surface area (Å²) in [6.07, 6.45) is 3.08. The Morgan fingerprint density at radius 1 is 1.08 bits per heavy atom. The maximum Gasteiger partial charge on any atom is 0.243 e. The second-order valence-electron chi connectivity index (χ2n) is 7.28. The number of hydrogen-bond acceptors (Lipinski definition) is 4. The number of benzene rings is 1. The first-order valence-corrected chi connectivity index (χ1v) is 10.4. The number of nitrogens with two attached hydrogens (primary N) is 1. The van der Waals surface area contributed by atoms with Gasteiger partial charge in [-0.3, -0.25) is 4.79 Å². The van der Waals surface area contributed by atoms with Crippen molar-refractivity contribution >= 4 is 15.9 Å². The van der Waals surface area contributed by atoms with Gasteiger partial charge in [0.15, 0.2) is 0 Å². The van der Waals surface area contributed by atoms with Crippen LogP contribution in [0.5, 0.6) is 0 Å². The number of piperazine rings is 1. The van der Waals surface area contributed by atoms with Gasteiger partial charge in [0.05, 0.1) is 10.9 Å². The number of carbonyl (C=O) groups excluding carboxylic acids is 1. The molecule has 0 radical (unpaired) electrons. The summed E-state index contributed by atoms with van der Waals surface area (Å²) in [5.74, 6) is -0.0229. The molecule has 0 saturated carbocycles. The van der Waals surface area contributed by atoms with Crippen LogP contribution in [-0.2, 0) is 27.7 Å². The summed E-state index contributed by atoms with van der Waals surface area (Å²) in [6, 6.07) is 4.95. The molecule has 138 valence electrons. The third-order valence-corrected chi connectivity index (χ3v) is 7.16. The van der Waals surface area contributed by atoms with E-state index in [1.165, 1.54) is 9.87 Å². The minimum atomic E-state index is -3.51. The van der Waals surface area contributed by atoms with Gasteiger partial charge in [-0.2, -0.15) is 4.31 Å². The molecule has 1 atom stereocenters. The monoisotopic (exact) mass is 365 g/mol. The van der Waals surface area contributed by atoms with Crippen LogP contribution in [-0.4, -0.2) is 55.8 Å². The second-order valence-corrected chi connectivity index (χ2v) is 9.22. The van der Waals surface area contributed by atoms with Gasteiger partial charge in [0.25, 0.3) is 0 Å². The number of aryl methyl sites for hydroxylation is 2. The Bertz CT molecular complexity index is 753. The van der Waals surface area contributed by atoms with Crippen molar-refractivity contribution in [2.75, 3.05) is 26.2 Å². The van der Waals surface area contributed by atoms with Crippen LogP contribution in [0.3, 0.4) is 0 Å². The molecule has 1 fully saturated rings. The molecule has 3 rings (SSSR count). The summed E-state index contributed by atoms with van der Waals surface area (Å²) in [5, 5.41) is 0. The van der Waals surface area contributed by atoms with Gasteiger partial charge in [-0.1, -0.05) is 19.9 Å². The topological polar surface area (TPSA) is 83.7 Å². The maximum absolute atomic E-state index is 12.9. The van der Waals surface area contributed by atoms with E-state index in [2.05, 4.69) is 0 Å². The van der Waals surface area contributed by atoms with Crippen LogP contribution in [0.1, 0.15) is 31.4 Å². The summed E-state index contributed by atoms with van der Waals surface area (Å²) < 4.78 is 27.3. The fourth-order valence-corrected chi connectivity index (χ4v) is 4.98. The van der Waals surface area contributed by atoms with Gasteiger partial charge in [0, 0.05) is 26.2 Å². The van der Waals surface area contributed by atoms with Gasteiger partial charge in [0.2, 0.25) is 15.9 Å². The molecule has 1 amide bonds. The molecule has 1 aliphatic heterocycles. The molecular formula is C18H27N3O3S.